The van der Waals surface area contributed by atoms with Crippen LogP contribution in [0.25, 0.3) is 0 Å². The molecule has 0 aromatic heterocycles. The summed E-state index contributed by atoms with van der Waals surface area (Å²) < 4.78 is 73.4. The predicted molar refractivity (Wildman–Crippen MR) is 449 cm³/mol. The van der Waals surface area contributed by atoms with Crippen LogP contribution in [0.5, 0.6) is 0 Å². The molecular weight excluding hydrogens is 1510 g/mol. The van der Waals surface area contributed by atoms with E-state index in [1.54, 1.807) is 0 Å². The Labute approximate surface area is 699 Å². The molecule has 2 aliphatic heterocycles. The van der Waals surface area contributed by atoms with Gasteiger partial charge in [-0.15, -0.1) is 0 Å². The summed E-state index contributed by atoms with van der Waals surface area (Å²) >= 11 is 0. The topological polar surface area (TPSA) is 380 Å². The number of unbranched alkanes of at least 4 members (excludes halogenated alkanes) is 53. The van der Waals surface area contributed by atoms with Gasteiger partial charge in [0.15, 0.2) is 24.8 Å². The molecule has 0 aromatic carbocycles. The van der Waals surface area contributed by atoms with Gasteiger partial charge in [-0.05, 0) is 25.7 Å². The van der Waals surface area contributed by atoms with Gasteiger partial charge in [0, 0.05) is 25.7 Å². The van der Waals surface area contributed by atoms with Gasteiger partial charge in [0.1, 0.15) is 92.6 Å². The highest BCUT2D eigenvalue weighted by atomic mass is 31.2. The first kappa shape index (κ1) is 108. The van der Waals surface area contributed by atoms with Crippen LogP contribution in [0.1, 0.15) is 419 Å². The van der Waals surface area contributed by atoms with Crippen molar-refractivity contribution in [2.24, 2.45) is 0 Å². The van der Waals surface area contributed by atoms with Crippen LogP contribution in [0.2, 0.25) is 0 Å². The van der Waals surface area contributed by atoms with Crippen LogP contribution < -0.4 is 0 Å². The minimum atomic E-state index is -5.80. The van der Waals surface area contributed by atoms with E-state index < -0.39 is 162 Å². The fraction of sp³-hybridized carbons (Fsp3) is 0.956. The van der Waals surface area contributed by atoms with E-state index in [9.17, 15) is 74.6 Å². The molecule has 0 aromatic rings. The molecule has 0 amide bonds. The smallest absolute Gasteiger partial charge is 0.463 e. The number of carbonyl (C=O) groups excluding carboxylic acids is 4. The number of hydrogen-bond donors (Lipinski definition) is 10. The normalized spacial score (nSPS) is 25.1. The molecule has 10 N–H and O–H groups in total. The Kier molecular flexibility index (Phi) is 64.8. The summed E-state index contributed by atoms with van der Waals surface area (Å²) in [4.78, 5) is 66.4. The molecule has 116 heavy (non-hydrogen) atoms. The van der Waals surface area contributed by atoms with E-state index in [4.69, 9.17) is 46.9 Å². The number of rotatable bonds is 77. The standard InChI is InChI=1S/C90H169O25P/c1-5-9-13-17-21-25-29-33-35-37-41-42-46-50-54-58-62-73(92)106-67-70(109-75(94)64-60-56-52-48-44-38-31-27-23-19-15-11-7-3)68-108-116(104,105)115-88-86(113-89-83(102)79(98)77(96)71(66-91)110-89)82(101)81(100)85(112-76(95)65-61-57-53-49-45-39-32-28-24-20-16-12-8-4)87(88)114-90-84(103)80(99)78(97)72(111-90)69-107-74(93)63-59-55-51-47-43-40-36-34-30-26-22-18-14-10-6-2/h70-72,77-91,96-103H,5-69H2,1-4H3,(H,104,105). The second-order valence-electron chi connectivity index (χ2n) is 33.9. The van der Waals surface area contributed by atoms with Crippen molar-refractivity contribution in [1.29, 1.82) is 0 Å². The number of aliphatic hydroxyl groups excluding tert-OH is 9. The van der Waals surface area contributed by atoms with Crippen LogP contribution in [-0.4, -0.2) is 205 Å². The van der Waals surface area contributed by atoms with Crippen LogP contribution in [0.15, 0.2) is 0 Å². The van der Waals surface area contributed by atoms with E-state index in [1.165, 1.54) is 205 Å². The zero-order valence-electron chi connectivity index (χ0n) is 72.8. The summed E-state index contributed by atoms with van der Waals surface area (Å²) in [6.07, 6.45) is 26.7. The summed E-state index contributed by atoms with van der Waals surface area (Å²) in [5.41, 5.74) is 0. The maximum Gasteiger partial charge on any atom is 0.472 e. The number of hydrogen-bond acceptors (Lipinski definition) is 24. The van der Waals surface area contributed by atoms with Gasteiger partial charge in [-0.25, -0.2) is 4.57 Å². The Hall–Kier alpha value is -2.53. The molecular formula is C90H169O25P. The molecule has 684 valence electrons. The molecule has 0 radical (unpaired) electrons. The quantitative estimate of drug-likeness (QED) is 0.0117. The summed E-state index contributed by atoms with van der Waals surface area (Å²) in [5, 5.41) is 102. The highest BCUT2D eigenvalue weighted by Gasteiger charge is 2.60. The summed E-state index contributed by atoms with van der Waals surface area (Å²) in [6, 6.07) is 0. The monoisotopic (exact) mass is 1680 g/mol. The number of ether oxygens (including phenoxy) is 8. The van der Waals surface area contributed by atoms with Crippen molar-refractivity contribution in [1.82, 2.24) is 0 Å². The molecule has 0 bridgehead atoms. The van der Waals surface area contributed by atoms with Gasteiger partial charge in [0.25, 0.3) is 0 Å². The number of esters is 4. The molecule has 3 rings (SSSR count). The molecule has 1 aliphatic carbocycles. The first-order chi connectivity index (χ1) is 56.2. The van der Waals surface area contributed by atoms with E-state index in [-0.39, 0.29) is 25.7 Å². The van der Waals surface area contributed by atoms with Crippen LogP contribution >= 0.6 is 7.82 Å². The molecule has 1 saturated carbocycles. The molecule has 26 heteroatoms. The second-order valence-corrected chi connectivity index (χ2v) is 35.3. The molecule has 2 saturated heterocycles. The van der Waals surface area contributed by atoms with Gasteiger partial charge in [-0.1, -0.05) is 368 Å². The lowest BCUT2D eigenvalue weighted by Gasteiger charge is -2.50. The van der Waals surface area contributed by atoms with Gasteiger partial charge >= 0.3 is 31.7 Å². The third-order valence-corrected chi connectivity index (χ3v) is 24.3. The van der Waals surface area contributed by atoms with Gasteiger partial charge in [-0.2, -0.15) is 0 Å². The minimum absolute atomic E-state index is 0.0202. The summed E-state index contributed by atoms with van der Waals surface area (Å²) in [6.45, 7) is 5.63. The average Bonchev–Trinajstić information content (AvgIpc) is 0.754. The molecule has 25 nitrogen and oxygen atoms in total. The lowest BCUT2D eigenvalue weighted by atomic mass is 9.84. The SMILES string of the molecule is CCCCCCCCCCCCCCCCCCC(=O)OCC(COP(=O)(O)OC1C(OC2OC(CO)C(O)C(O)C2O)C(O)C(O)C(OC(=O)CCCCCCCCCCCCCCC)C1OC1OC(COC(=O)CCCCCCCCCCCCCCCCC)C(O)C(O)C1O)OC(=O)CCCCCCCCCCCCCCC. The third-order valence-electron chi connectivity index (χ3n) is 23.4. The Morgan fingerprint density at radius 3 is 0.940 bits per heavy atom. The predicted octanol–water partition coefficient (Wildman–Crippen LogP) is 17.4. The molecule has 18 unspecified atom stereocenters. The van der Waals surface area contributed by atoms with Crippen molar-refractivity contribution >= 4 is 31.7 Å². The molecule has 18 atom stereocenters. The van der Waals surface area contributed by atoms with Crippen molar-refractivity contribution in [2.45, 2.75) is 524 Å². The van der Waals surface area contributed by atoms with Crippen molar-refractivity contribution < 1.29 is 122 Å². The van der Waals surface area contributed by atoms with Gasteiger partial charge in [-0.3, -0.25) is 28.2 Å². The van der Waals surface area contributed by atoms with E-state index in [0.29, 0.717) is 32.1 Å². The van der Waals surface area contributed by atoms with Gasteiger partial charge in [0.05, 0.1) is 13.2 Å². The maximum absolute atomic E-state index is 14.9. The molecule has 3 aliphatic rings. The molecule has 2 heterocycles. The van der Waals surface area contributed by atoms with Crippen molar-refractivity contribution in [3.63, 3.8) is 0 Å². The number of phosphoric acid groups is 1. The van der Waals surface area contributed by atoms with Crippen LogP contribution in [0.3, 0.4) is 0 Å². The van der Waals surface area contributed by atoms with Crippen LogP contribution in [0.4, 0.5) is 0 Å². The van der Waals surface area contributed by atoms with Gasteiger partial charge in [0.2, 0.25) is 0 Å². The van der Waals surface area contributed by atoms with E-state index in [2.05, 4.69) is 27.7 Å². The maximum atomic E-state index is 14.9. The van der Waals surface area contributed by atoms with E-state index in [1.807, 2.05) is 0 Å². The zero-order valence-corrected chi connectivity index (χ0v) is 73.7. The van der Waals surface area contributed by atoms with Crippen molar-refractivity contribution in [3.8, 4) is 0 Å². The van der Waals surface area contributed by atoms with Crippen LogP contribution in [-0.2, 0) is 70.7 Å². The highest BCUT2D eigenvalue weighted by Crippen LogP contribution is 2.49. The number of phosphoric ester groups is 1. The number of carbonyl (C=O) groups is 4. The highest BCUT2D eigenvalue weighted by molar-refractivity contribution is 7.47. The van der Waals surface area contributed by atoms with Gasteiger partial charge < -0.3 is 88.7 Å². The fourth-order valence-electron chi connectivity index (χ4n) is 15.8. The first-order valence-corrected chi connectivity index (χ1v) is 48.8. The Bertz CT molecular complexity index is 2410. The minimum Gasteiger partial charge on any atom is -0.463 e. The van der Waals surface area contributed by atoms with E-state index in [0.717, 1.165) is 128 Å². The summed E-state index contributed by atoms with van der Waals surface area (Å²) in [5.74, 6) is -2.94. The fourth-order valence-corrected chi connectivity index (χ4v) is 16.8. The largest absolute Gasteiger partial charge is 0.472 e. The van der Waals surface area contributed by atoms with Crippen molar-refractivity contribution in [3.05, 3.63) is 0 Å². The second kappa shape index (κ2) is 69.8. The third kappa shape index (κ3) is 49.7. The molecule has 3 fully saturated rings. The number of aliphatic hydroxyl groups is 9. The Morgan fingerprint density at radius 1 is 0.310 bits per heavy atom. The van der Waals surface area contributed by atoms with Crippen molar-refractivity contribution in [2.75, 3.05) is 26.4 Å². The summed E-state index contributed by atoms with van der Waals surface area (Å²) in [7, 11) is -5.80. The Morgan fingerprint density at radius 2 is 0.595 bits per heavy atom. The lowest BCUT2D eigenvalue weighted by molar-refractivity contribution is -0.360. The average molecular weight is 1680 g/mol. The zero-order chi connectivity index (χ0) is 84.7. The van der Waals surface area contributed by atoms with E-state index >= 15 is 0 Å². The van der Waals surface area contributed by atoms with Crippen LogP contribution in [0, 0.1) is 0 Å². The molecule has 0 spiro atoms. The first-order valence-electron chi connectivity index (χ1n) is 47.3. The lowest BCUT2D eigenvalue weighted by Crippen LogP contribution is -2.70. The Balaban J connectivity index is 1.90.